The molecule has 37 heavy (non-hydrogen) atoms. The first-order valence-electron chi connectivity index (χ1n) is 12.6. The van der Waals surface area contributed by atoms with E-state index in [0.717, 1.165) is 27.7 Å². The molecule has 2 aromatic heterocycles. The van der Waals surface area contributed by atoms with Crippen LogP contribution in [0.4, 0.5) is 0 Å². The highest BCUT2D eigenvalue weighted by molar-refractivity contribution is 5.98. The number of benzene rings is 1. The Labute approximate surface area is 217 Å². The van der Waals surface area contributed by atoms with Crippen LogP contribution >= 0.6 is 0 Å². The van der Waals surface area contributed by atoms with E-state index < -0.39 is 0 Å². The molecule has 0 bridgehead atoms. The Balaban J connectivity index is 0.00000186. The number of nitrogens with one attached hydrogen (secondary N) is 1. The largest absolute Gasteiger partial charge is 0.513 e. The number of hydrogen-bond acceptors (Lipinski definition) is 6. The summed E-state index contributed by atoms with van der Waals surface area (Å²) in [5, 5.41) is 29.7. The van der Waals surface area contributed by atoms with Gasteiger partial charge in [0.15, 0.2) is 0 Å². The van der Waals surface area contributed by atoms with Crippen LogP contribution in [0.5, 0.6) is 5.75 Å². The summed E-state index contributed by atoms with van der Waals surface area (Å²) in [6.45, 7) is 8.82. The molecule has 0 spiro atoms. The van der Waals surface area contributed by atoms with Gasteiger partial charge in [0.2, 0.25) is 0 Å². The summed E-state index contributed by atoms with van der Waals surface area (Å²) in [5.41, 5.74) is 3.60. The predicted octanol–water partition coefficient (Wildman–Crippen LogP) is 4.74. The lowest BCUT2D eigenvalue weighted by Gasteiger charge is -2.34. The van der Waals surface area contributed by atoms with Gasteiger partial charge in [0, 0.05) is 61.6 Å². The van der Waals surface area contributed by atoms with Crippen LogP contribution in [0, 0.1) is 0 Å². The van der Waals surface area contributed by atoms with Crippen molar-refractivity contribution in [3.05, 3.63) is 77.8 Å². The fraction of sp³-hybridized carbons (Fsp3) is 0.310. The number of piperazine rings is 1. The molecule has 8 heteroatoms. The number of aromatic hydroxyl groups is 1. The van der Waals surface area contributed by atoms with Crippen molar-refractivity contribution < 1.29 is 20.1 Å². The summed E-state index contributed by atoms with van der Waals surface area (Å²) in [7, 11) is 0. The molecule has 0 unspecified atom stereocenters. The second kappa shape index (κ2) is 13.4. The Morgan fingerprint density at radius 1 is 1.08 bits per heavy atom. The minimum Gasteiger partial charge on any atom is -0.513 e. The van der Waals surface area contributed by atoms with Gasteiger partial charge in [0.25, 0.3) is 5.91 Å². The fourth-order valence-electron chi connectivity index (χ4n) is 4.11. The summed E-state index contributed by atoms with van der Waals surface area (Å²) in [6.07, 6.45) is 12.6. The van der Waals surface area contributed by atoms with Gasteiger partial charge in [0.1, 0.15) is 11.4 Å². The zero-order valence-corrected chi connectivity index (χ0v) is 21.7. The predicted molar refractivity (Wildman–Crippen MR) is 149 cm³/mol. The molecule has 4 N–H and O–H groups in total. The number of aliphatic hydroxyl groups excluding tert-OH is 2. The van der Waals surface area contributed by atoms with Crippen LogP contribution in [0.25, 0.3) is 28.2 Å². The van der Waals surface area contributed by atoms with E-state index in [2.05, 4.69) is 14.9 Å². The van der Waals surface area contributed by atoms with E-state index in [1.54, 1.807) is 48.4 Å². The molecule has 1 aromatic carbocycles. The van der Waals surface area contributed by atoms with Gasteiger partial charge < -0.3 is 25.2 Å². The van der Waals surface area contributed by atoms with E-state index in [4.69, 9.17) is 5.11 Å². The Morgan fingerprint density at radius 2 is 1.84 bits per heavy atom. The highest BCUT2D eigenvalue weighted by atomic mass is 16.3. The normalized spacial score (nSPS) is 14.9. The van der Waals surface area contributed by atoms with Gasteiger partial charge in [-0.25, -0.2) is 4.98 Å². The Morgan fingerprint density at radius 3 is 2.54 bits per heavy atom. The second-order valence-corrected chi connectivity index (χ2v) is 8.51. The van der Waals surface area contributed by atoms with Crippen LogP contribution in [-0.4, -0.2) is 80.3 Å². The molecule has 1 aliphatic rings. The van der Waals surface area contributed by atoms with Crippen molar-refractivity contribution in [3.63, 3.8) is 0 Å². The first kappa shape index (κ1) is 27.7. The molecule has 0 radical (unpaired) electrons. The van der Waals surface area contributed by atoms with Crippen molar-refractivity contribution in [1.82, 2.24) is 19.8 Å². The standard InChI is InChI=1S/C27H30N4O4.C2H6/c1-19(33)5-3-2-4-6-21-17-28-26-23(21)16-22(18-29-26)20-7-8-25(34)24(15-20)27(35)31-11-9-30(10-12-31)13-14-32;1-2/h2-8,15-18,32-34H,9-14H2,1H3,(H,28,29);1-2H3/b3-2-,6-4+,19-5+;. The highest BCUT2D eigenvalue weighted by Gasteiger charge is 2.24. The minimum atomic E-state index is -0.203. The Bertz CT molecular complexity index is 1280. The number of H-pyrrole nitrogens is 1. The van der Waals surface area contributed by atoms with Gasteiger partial charge in [-0.3, -0.25) is 9.69 Å². The average molecular weight is 505 g/mol. The van der Waals surface area contributed by atoms with Gasteiger partial charge in [-0.2, -0.15) is 0 Å². The molecular weight excluding hydrogens is 468 g/mol. The molecule has 0 aliphatic carbocycles. The summed E-state index contributed by atoms with van der Waals surface area (Å²) < 4.78 is 0. The van der Waals surface area contributed by atoms with Gasteiger partial charge >= 0.3 is 0 Å². The molecule has 0 saturated carbocycles. The zero-order valence-electron chi connectivity index (χ0n) is 21.7. The number of hydrogen-bond donors (Lipinski definition) is 4. The number of nitrogens with zero attached hydrogens (tertiary/aromatic N) is 3. The van der Waals surface area contributed by atoms with Crippen molar-refractivity contribution >= 4 is 23.0 Å². The van der Waals surface area contributed by atoms with E-state index in [9.17, 15) is 15.0 Å². The number of phenols is 1. The van der Waals surface area contributed by atoms with Crippen molar-refractivity contribution in [1.29, 1.82) is 0 Å². The van der Waals surface area contributed by atoms with E-state index in [-0.39, 0.29) is 29.6 Å². The SMILES string of the molecule is CC.C\C(O)=C/C=C\C=C\c1c[nH]c2ncc(-c3ccc(O)c(C(=O)N4CCN(CCO)CC4)c3)cc12. The van der Waals surface area contributed by atoms with Crippen molar-refractivity contribution in [2.45, 2.75) is 20.8 Å². The highest BCUT2D eigenvalue weighted by Crippen LogP contribution is 2.30. The lowest BCUT2D eigenvalue weighted by atomic mass is 10.0. The number of aromatic amines is 1. The number of amides is 1. The lowest BCUT2D eigenvalue weighted by molar-refractivity contribution is 0.0612. The molecular formula is C29H36N4O4. The van der Waals surface area contributed by atoms with Crippen molar-refractivity contribution in [2.75, 3.05) is 39.3 Å². The van der Waals surface area contributed by atoms with E-state index in [0.29, 0.717) is 32.7 Å². The van der Waals surface area contributed by atoms with E-state index in [1.807, 2.05) is 44.3 Å². The number of aliphatic hydroxyl groups is 2. The molecule has 196 valence electrons. The van der Waals surface area contributed by atoms with E-state index in [1.165, 1.54) is 0 Å². The van der Waals surface area contributed by atoms with Crippen molar-refractivity contribution in [3.8, 4) is 16.9 Å². The van der Waals surface area contributed by atoms with Crippen LogP contribution in [0.15, 0.2) is 66.7 Å². The molecule has 0 atom stereocenters. The third kappa shape index (κ3) is 7.09. The first-order valence-corrected chi connectivity index (χ1v) is 12.6. The second-order valence-electron chi connectivity index (χ2n) is 8.51. The Kier molecular flexibility index (Phi) is 10.1. The Hall–Kier alpha value is -3.88. The third-order valence-corrected chi connectivity index (χ3v) is 6.03. The number of allylic oxidation sites excluding steroid dienone is 5. The molecule has 3 heterocycles. The van der Waals surface area contributed by atoms with Crippen LogP contribution < -0.4 is 0 Å². The van der Waals surface area contributed by atoms with Gasteiger partial charge in [-0.15, -0.1) is 0 Å². The zero-order chi connectivity index (χ0) is 26.8. The van der Waals surface area contributed by atoms with Crippen LogP contribution in [0.2, 0.25) is 0 Å². The fourth-order valence-corrected chi connectivity index (χ4v) is 4.11. The van der Waals surface area contributed by atoms with E-state index >= 15 is 0 Å². The number of carbonyl (C=O) groups is 1. The number of fused-ring (bicyclic) bond motifs is 1. The van der Waals surface area contributed by atoms with Crippen LogP contribution in [0.3, 0.4) is 0 Å². The smallest absolute Gasteiger partial charge is 0.257 e. The maximum atomic E-state index is 13.1. The number of β-amino-alcohol motifs (C(OH)–C–C–N with tert-alkyl or cyclic N) is 1. The number of carbonyl (C=O) groups excluding carboxylic acids is 1. The van der Waals surface area contributed by atoms with Crippen LogP contribution in [-0.2, 0) is 0 Å². The summed E-state index contributed by atoms with van der Waals surface area (Å²) in [6, 6.07) is 7.06. The van der Waals surface area contributed by atoms with Gasteiger partial charge in [-0.05, 0) is 36.8 Å². The molecule has 8 nitrogen and oxygen atoms in total. The molecule has 4 rings (SSSR count). The lowest BCUT2D eigenvalue weighted by Crippen LogP contribution is -2.49. The molecule has 1 fully saturated rings. The maximum absolute atomic E-state index is 13.1. The molecule has 3 aromatic rings. The van der Waals surface area contributed by atoms with Gasteiger partial charge in [0.05, 0.1) is 17.9 Å². The number of pyridine rings is 1. The molecule has 1 amide bonds. The van der Waals surface area contributed by atoms with Gasteiger partial charge in [-0.1, -0.05) is 44.2 Å². The van der Waals surface area contributed by atoms with Crippen LogP contribution in [0.1, 0.15) is 36.7 Å². The molecule has 1 aliphatic heterocycles. The van der Waals surface area contributed by atoms with Crippen molar-refractivity contribution in [2.24, 2.45) is 0 Å². The number of rotatable bonds is 7. The summed E-state index contributed by atoms with van der Waals surface area (Å²) in [5.74, 6) is -0.00709. The summed E-state index contributed by atoms with van der Waals surface area (Å²) >= 11 is 0. The average Bonchev–Trinajstić information content (AvgIpc) is 3.32. The number of aromatic nitrogens is 2. The maximum Gasteiger partial charge on any atom is 0.257 e. The topological polar surface area (TPSA) is 113 Å². The summed E-state index contributed by atoms with van der Waals surface area (Å²) in [4.78, 5) is 24.7. The first-order chi connectivity index (χ1) is 18.0. The minimum absolute atomic E-state index is 0.0465. The molecule has 1 saturated heterocycles. The third-order valence-electron chi connectivity index (χ3n) is 6.03. The monoisotopic (exact) mass is 504 g/mol. The number of phenolic OH excluding ortho intramolecular Hbond substituents is 1. The quantitative estimate of drug-likeness (QED) is 0.273.